The van der Waals surface area contributed by atoms with E-state index in [4.69, 9.17) is 4.74 Å². The number of carbonyl (C=O) groups excluding carboxylic acids is 1. The Bertz CT molecular complexity index is 917. The van der Waals surface area contributed by atoms with E-state index in [1.807, 2.05) is 48.5 Å². The van der Waals surface area contributed by atoms with Crippen molar-refractivity contribution in [3.63, 3.8) is 0 Å². The fourth-order valence-electron chi connectivity index (χ4n) is 3.48. The summed E-state index contributed by atoms with van der Waals surface area (Å²) in [5.41, 5.74) is 5.25. The van der Waals surface area contributed by atoms with Crippen molar-refractivity contribution in [2.45, 2.75) is 6.42 Å². The van der Waals surface area contributed by atoms with Crippen LogP contribution >= 0.6 is 0 Å². The first kappa shape index (κ1) is 18.3. The lowest BCUT2D eigenvalue weighted by molar-refractivity contribution is -0.115. The van der Waals surface area contributed by atoms with Crippen LogP contribution < -0.4 is 10.2 Å². The molecule has 1 amide bonds. The Morgan fingerprint density at radius 2 is 1.46 bits per heavy atom. The van der Waals surface area contributed by atoms with Crippen molar-refractivity contribution in [1.29, 1.82) is 0 Å². The van der Waals surface area contributed by atoms with Crippen LogP contribution in [0.5, 0.6) is 0 Å². The summed E-state index contributed by atoms with van der Waals surface area (Å²) in [4.78, 5) is 14.9. The molecule has 0 atom stereocenters. The highest BCUT2D eigenvalue weighted by atomic mass is 16.5. The second-order valence-electron chi connectivity index (χ2n) is 6.90. The molecule has 0 bridgehead atoms. The Labute approximate surface area is 165 Å². The van der Waals surface area contributed by atoms with E-state index in [1.165, 1.54) is 5.56 Å². The largest absolute Gasteiger partial charge is 0.378 e. The van der Waals surface area contributed by atoms with Crippen molar-refractivity contribution in [2.75, 3.05) is 36.5 Å². The van der Waals surface area contributed by atoms with Gasteiger partial charge in [0.1, 0.15) is 0 Å². The minimum absolute atomic E-state index is 0.00632. The topological polar surface area (TPSA) is 41.6 Å². The molecule has 0 unspecified atom stereocenters. The molecule has 3 aromatic rings. The van der Waals surface area contributed by atoms with E-state index >= 15 is 0 Å². The minimum atomic E-state index is -0.00632. The van der Waals surface area contributed by atoms with Gasteiger partial charge in [-0.05, 0) is 28.8 Å². The molecule has 142 valence electrons. The second-order valence-corrected chi connectivity index (χ2v) is 6.90. The third-order valence-electron chi connectivity index (χ3n) is 4.96. The Hall–Kier alpha value is -3.11. The third-order valence-corrected chi connectivity index (χ3v) is 4.96. The second kappa shape index (κ2) is 8.72. The van der Waals surface area contributed by atoms with Crippen LogP contribution in [0.2, 0.25) is 0 Å². The Kier molecular flexibility index (Phi) is 5.69. The average molecular weight is 372 g/mol. The summed E-state index contributed by atoms with van der Waals surface area (Å²) in [5, 5.41) is 3.08. The number of ether oxygens (including phenoxy) is 1. The maximum absolute atomic E-state index is 12.6. The summed E-state index contributed by atoms with van der Waals surface area (Å²) >= 11 is 0. The number of nitrogens with zero attached hydrogens (tertiary/aromatic N) is 1. The Morgan fingerprint density at radius 1 is 0.821 bits per heavy atom. The number of benzene rings is 3. The van der Waals surface area contributed by atoms with Crippen LogP contribution in [-0.2, 0) is 16.0 Å². The molecule has 1 aliphatic heterocycles. The third kappa shape index (κ3) is 4.41. The Balaban J connectivity index is 1.42. The van der Waals surface area contributed by atoms with Gasteiger partial charge in [-0.1, -0.05) is 66.7 Å². The molecule has 0 aromatic heterocycles. The van der Waals surface area contributed by atoms with Crippen molar-refractivity contribution in [2.24, 2.45) is 0 Å². The maximum Gasteiger partial charge on any atom is 0.228 e. The van der Waals surface area contributed by atoms with E-state index in [0.29, 0.717) is 6.42 Å². The van der Waals surface area contributed by atoms with Crippen molar-refractivity contribution in [3.05, 3.63) is 84.4 Å². The van der Waals surface area contributed by atoms with Crippen molar-refractivity contribution >= 4 is 17.3 Å². The van der Waals surface area contributed by atoms with Gasteiger partial charge >= 0.3 is 0 Å². The van der Waals surface area contributed by atoms with E-state index in [9.17, 15) is 4.79 Å². The van der Waals surface area contributed by atoms with Gasteiger partial charge in [0.15, 0.2) is 0 Å². The lowest BCUT2D eigenvalue weighted by Crippen LogP contribution is -2.36. The first-order chi connectivity index (χ1) is 13.8. The zero-order valence-electron chi connectivity index (χ0n) is 15.8. The number of para-hydroxylation sites is 2. The molecule has 0 spiro atoms. The van der Waals surface area contributed by atoms with Crippen LogP contribution in [0.4, 0.5) is 11.4 Å². The monoisotopic (exact) mass is 372 g/mol. The molecule has 0 aliphatic carbocycles. The fourth-order valence-corrected chi connectivity index (χ4v) is 3.48. The van der Waals surface area contributed by atoms with Gasteiger partial charge in [0.2, 0.25) is 5.91 Å². The molecule has 1 heterocycles. The minimum Gasteiger partial charge on any atom is -0.378 e. The molecule has 1 saturated heterocycles. The van der Waals surface area contributed by atoms with E-state index in [-0.39, 0.29) is 5.91 Å². The van der Waals surface area contributed by atoms with Crippen LogP contribution in [0.1, 0.15) is 5.56 Å². The standard InChI is InChI=1S/C24H24N2O2/c27-24(18-19-10-12-21(13-11-19)20-6-2-1-3-7-20)25-22-8-4-5-9-23(22)26-14-16-28-17-15-26/h1-13H,14-18H2,(H,25,27). The summed E-state index contributed by atoms with van der Waals surface area (Å²) < 4.78 is 5.43. The number of hydrogen-bond acceptors (Lipinski definition) is 3. The van der Waals surface area contributed by atoms with Crippen molar-refractivity contribution in [1.82, 2.24) is 0 Å². The predicted molar refractivity (Wildman–Crippen MR) is 114 cm³/mol. The SMILES string of the molecule is O=C(Cc1ccc(-c2ccccc2)cc1)Nc1ccccc1N1CCOCC1. The lowest BCUT2D eigenvalue weighted by Gasteiger charge is -2.30. The number of nitrogens with one attached hydrogen (secondary N) is 1. The number of carbonyl (C=O) groups is 1. The Morgan fingerprint density at radius 3 is 2.21 bits per heavy atom. The molecule has 0 saturated carbocycles. The van der Waals surface area contributed by atoms with Gasteiger partial charge < -0.3 is 15.0 Å². The zero-order valence-corrected chi connectivity index (χ0v) is 15.8. The normalized spacial score (nSPS) is 13.9. The molecule has 1 aliphatic rings. The number of amides is 1. The number of anilines is 2. The average Bonchev–Trinajstić information content (AvgIpc) is 2.76. The molecule has 28 heavy (non-hydrogen) atoms. The smallest absolute Gasteiger partial charge is 0.228 e. The van der Waals surface area contributed by atoms with Crippen molar-refractivity contribution < 1.29 is 9.53 Å². The van der Waals surface area contributed by atoms with E-state index in [2.05, 4.69) is 40.5 Å². The first-order valence-corrected chi connectivity index (χ1v) is 9.65. The number of morpholine rings is 1. The van der Waals surface area contributed by atoms with Crippen LogP contribution in [-0.4, -0.2) is 32.2 Å². The van der Waals surface area contributed by atoms with Gasteiger partial charge in [0.05, 0.1) is 31.0 Å². The van der Waals surface area contributed by atoms with Crippen LogP contribution in [0.3, 0.4) is 0 Å². The van der Waals surface area contributed by atoms with Crippen LogP contribution in [0, 0.1) is 0 Å². The number of rotatable bonds is 5. The highest BCUT2D eigenvalue weighted by molar-refractivity contribution is 5.95. The summed E-state index contributed by atoms with van der Waals surface area (Å²) in [5.74, 6) is -0.00632. The van der Waals surface area contributed by atoms with Gasteiger partial charge in [0.25, 0.3) is 0 Å². The summed E-state index contributed by atoms with van der Waals surface area (Å²) in [7, 11) is 0. The van der Waals surface area contributed by atoms with Gasteiger partial charge in [-0.3, -0.25) is 4.79 Å². The molecule has 1 fully saturated rings. The molecular weight excluding hydrogens is 348 g/mol. The van der Waals surface area contributed by atoms with Gasteiger partial charge in [-0.2, -0.15) is 0 Å². The number of hydrogen-bond donors (Lipinski definition) is 1. The molecule has 4 heteroatoms. The highest BCUT2D eigenvalue weighted by Crippen LogP contribution is 2.26. The quantitative estimate of drug-likeness (QED) is 0.723. The molecule has 4 nitrogen and oxygen atoms in total. The molecule has 4 rings (SSSR count). The highest BCUT2D eigenvalue weighted by Gasteiger charge is 2.15. The first-order valence-electron chi connectivity index (χ1n) is 9.65. The summed E-state index contributed by atoms with van der Waals surface area (Å²) in [6, 6.07) is 26.4. The van der Waals surface area contributed by atoms with Gasteiger partial charge in [-0.15, -0.1) is 0 Å². The fraction of sp³-hybridized carbons (Fsp3) is 0.208. The molecule has 0 radical (unpaired) electrons. The van der Waals surface area contributed by atoms with E-state index in [1.54, 1.807) is 0 Å². The summed E-state index contributed by atoms with van der Waals surface area (Å²) in [6.45, 7) is 3.12. The molecule has 1 N–H and O–H groups in total. The van der Waals surface area contributed by atoms with Gasteiger partial charge in [0, 0.05) is 13.1 Å². The van der Waals surface area contributed by atoms with Crippen LogP contribution in [0.25, 0.3) is 11.1 Å². The summed E-state index contributed by atoms with van der Waals surface area (Å²) in [6.07, 6.45) is 0.354. The molecular formula is C24H24N2O2. The lowest BCUT2D eigenvalue weighted by atomic mass is 10.0. The van der Waals surface area contributed by atoms with Gasteiger partial charge in [-0.25, -0.2) is 0 Å². The zero-order chi connectivity index (χ0) is 19.2. The molecule has 3 aromatic carbocycles. The van der Waals surface area contributed by atoms with E-state index < -0.39 is 0 Å². The maximum atomic E-state index is 12.6. The van der Waals surface area contributed by atoms with Crippen LogP contribution in [0.15, 0.2) is 78.9 Å². The van der Waals surface area contributed by atoms with E-state index in [0.717, 1.165) is 48.8 Å². The predicted octanol–water partition coefficient (Wildman–Crippen LogP) is 4.37. The van der Waals surface area contributed by atoms with Crippen molar-refractivity contribution in [3.8, 4) is 11.1 Å².